The maximum atomic E-state index is 12.3. The molecule has 2 unspecified atom stereocenters. The highest BCUT2D eigenvalue weighted by Crippen LogP contribution is 2.62. The van der Waals surface area contributed by atoms with E-state index in [0.29, 0.717) is 11.8 Å². The van der Waals surface area contributed by atoms with Crippen molar-refractivity contribution in [3.63, 3.8) is 0 Å². The average Bonchev–Trinajstić information content (AvgIpc) is 2.71. The Bertz CT molecular complexity index is 947. The summed E-state index contributed by atoms with van der Waals surface area (Å²) in [6.07, 6.45) is 9.88. The Kier molecular flexibility index (Phi) is 4.70. The topological polar surface area (TPSA) is 58.6 Å². The molecule has 2 aromatic rings. The van der Waals surface area contributed by atoms with E-state index in [4.69, 9.17) is 4.74 Å². The Morgan fingerprint density at radius 2 is 1.70 bits per heavy atom. The number of hydrogen-bond acceptors (Lipinski definition) is 3. The van der Waals surface area contributed by atoms with Crippen LogP contribution in [0.3, 0.4) is 0 Å². The molecule has 4 nitrogen and oxygen atoms in total. The van der Waals surface area contributed by atoms with Crippen molar-refractivity contribution in [3.8, 4) is 5.75 Å². The summed E-state index contributed by atoms with van der Waals surface area (Å²) in [5.41, 5.74) is 2.73. The van der Waals surface area contributed by atoms with Gasteiger partial charge in [0.15, 0.2) is 0 Å². The first kappa shape index (κ1) is 19.4. The number of ether oxygens (including phenoxy) is 1. The van der Waals surface area contributed by atoms with E-state index in [1.165, 1.54) is 24.8 Å². The third-order valence-electron chi connectivity index (χ3n) is 7.34. The summed E-state index contributed by atoms with van der Waals surface area (Å²) in [6.45, 7) is 0. The van der Waals surface area contributed by atoms with Crippen LogP contribution in [0.2, 0.25) is 0 Å². The van der Waals surface area contributed by atoms with Gasteiger partial charge in [0.25, 0.3) is 0 Å². The summed E-state index contributed by atoms with van der Waals surface area (Å²) < 4.78 is 5.15. The van der Waals surface area contributed by atoms with Gasteiger partial charge >= 0.3 is 0 Å². The first-order chi connectivity index (χ1) is 14.5. The number of anilines is 1. The molecule has 0 aliphatic heterocycles. The van der Waals surface area contributed by atoms with Crippen molar-refractivity contribution >= 4 is 17.7 Å². The molecule has 1 amide bonds. The van der Waals surface area contributed by atoms with Crippen LogP contribution in [0.15, 0.2) is 54.6 Å². The van der Waals surface area contributed by atoms with Crippen LogP contribution in [0.4, 0.5) is 5.69 Å². The van der Waals surface area contributed by atoms with Gasteiger partial charge in [0, 0.05) is 11.8 Å². The smallest absolute Gasteiger partial charge is 0.248 e. The molecule has 2 N–H and O–H groups in total. The Morgan fingerprint density at radius 1 is 1.03 bits per heavy atom. The van der Waals surface area contributed by atoms with Crippen molar-refractivity contribution in [2.75, 3.05) is 12.4 Å². The largest absolute Gasteiger partial charge is 0.497 e. The van der Waals surface area contributed by atoms with Gasteiger partial charge in [-0.2, -0.15) is 0 Å². The lowest BCUT2D eigenvalue weighted by Gasteiger charge is -2.60. The quantitative estimate of drug-likeness (QED) is 0.696. The first-order valence-electron chi connectivity index (χ1n) is 10.9. The fraction of sp³-hybridized carbons (Fsp3) is 0.423. The maximum Gasteiger partial charge on any atom is 0.248 e. The molecule has 4 saturated carbocycles. The van der Waals surface area contributed by atoms with Gasteiger partial charge in [-0.3, -0.25) is 4.79 Å². The van der Waals surface area contributed by atoms with Crippen molar-refractivity contribution in [2.24, 2.45) is 11.8 Å². The highest BCUT2D eigenvalue weighted by Gasteiger charge is 2.57. The van der Waals surface area contributed by atoms with Crippen LogP contribution in [-0.4, -0.2) is 23.7 Å². The molecule has 4 atom stereocenters. The average molecular weight is 404 g/mol. The second-order valence-electron chi connectivity index (χ2n) is 9.64. The minimum absolute atomic E-state index is 0.121. The van der Waals surface area contributed by atoms with Crippen LogP contribution in [0.5, 0.6) is 5.75 Å². The molecule has 4 fully saturated rings. The lowest BCUT2D eigenvalue weighted by Crippen LogP contribution is -2.57. The van der Waals surface area contributed by atoms with Crippen molar-refractivity contribution in [3.05, 3.63) is 65.7 Å². The number of amides is 1. The molecule has 4 bridgehead atoms. The third kappa shape index (κ3) is 3.65. The van der Waals surface area contributed by atoms with Crippen LogP contribution in [-0.2, 0) is 10.2 Å². The zero-order valence-corrected chi connectivity index (χ0v) is 17.4. The van der Waals surface area contributed by atoms with E-state index in [9.17, 15) is 9.90 Å². The van der Waals surface area contributed by atoms with E-state index in [0.717, 1.165) is 36.3 Å². The van der Waals surface area contributed by atoms with Gasteiger partial charge < -0.3 is 15.2 Å². The van der Waals surface area contributed by atoms with Crippen molar-refractivity contribution in [2.45, 2.75) is 49.5 Å². The zero-order valence-electron chi connectivity index (χ0n) is 17.4. The molecular weight excluding hydrogens is 374 g/mol. The van der Waals surface area contributed by atoms with E-state index in [2.05, 4.69) is 17.4 Å². The van der Waals surface area contributed by atoms with Gasteiger partial charge in [-0.15, -0.1) is 0 Å². The number of aliphatic hydroxyl groups is 1. The molecule has 4 aliphatic rings. The zero-order chi connectivity index (χ0) is 20.8. The normalized spacial score (nSPS) is 31.8. The van der Waals surface area contributed by atoms with E-state index in [1.807, 2.05) is 36.4 Å². The predicted octanol–water partition coefficient (Wildman–Crippen LogP) is 4.93. The SMILES string of the molecule is COc1ccc(/C=C/C(=O)Nc2ccc(C34C[C@@H]5C[C@@H](CC(O)(C5)C3)C4)cc2)cc1. The van der Waals surface area contributed by atoms with Gasteiger partial charge in [-0.25, -0.2) is 0 Å². The Hall–Kier alpha value is -2.59. The molecule has 6 rings (SSSR count). The summed E-state index contributed by atoms with van der Waals surface area (Å²) in [5.74, 6) is 1.97. The summed E-state index contributed by atoms with van der Waals surface area (Å²) in [6, 6.07) is 15.9. The monoisotopic (exact) mass is 403 g/mol. The van der Waals surface area contributed by atoms with Crippen LogP contribution in [0.1, 0.15) is 49.7 Å². The Balaban J connectivity index is 1.25. The van der Waals surface area contributed by atoms with Crippen LogP contribution >= 0.6 is 0 Å². The van der Waals surface area contributed by atoms with Gasteiger partial charge in [0.05, 0.1) is 12.7 Å². The molecule has 30 heavy (non-hydrogen) atoms. The molecule has 0 saturated heterocycles. The fourth-order valence-electron chi connectivity index (χ4n) is 6.53. The summed E-state index contributed by atoms with van der Waals surface area (Å²) in [4.78, 5) is 12.3. The lowest BCUT2D eigenvalue weighted by molar-refractivity contribution is -0.137. The maximum absolute atomic E-state index is 12.3. The Labute approximate surface area is 178 Å². The molecular formula is C26H29NO3. The first-order valence-corrected chi connectivity index (χ1v) is 10.9. The molecule has 0 radical (unpaired) electrons. The van der Waals surface area contributed by atoms with Crippen LogP contribution in [0, 0.1) is 11.8 Å². The van der Waals surface area contributed by atoms with Gasteiger partial charge in [0.1, 0.15) is 5.75 Å². The minimum atomic E-state index is -0.455. The van der Waals surface area contributed by atoms with Gasteiger partial charge in [-0.05, 0) is 97.2 Å². The second-order valence-corrected chi connectivity index (χ2v) is 9.64. The second kappa shape index (κ2) is 7.28. The highest BCUT2D eigenvalue weighted by atomic mass is 16.5. The van der Waals surface area contributed by atoms with Crippen molar-refractivity contribution < 1.29 is 14.6 Å². The Morgan fingerprint density at radius 3 is 2.30 bits per heavy atom. The summed E-state index contributed by atoms with van der Waals surface area (Å²) in [5, 5.41) is 14.0. The van der Waals surface area contributed by atoms with E-state index < -0.39 is 5.60 Å². The summed E-state index contributed by atoms with van der Waals surface area (Å²) in [7, 11) is 1.63. The van der Waals surface area contributed by atoms with E-state index >= 15 is 0 Å². The molecule has 4 heteroatoms. The number of carbonyl (C=O) groups is 1. The van der Waals surface area contributed by atoms with Crippen LogP contribution < -0.4 is 10.1 Å². The van der Waals surface area contributed by atoms with Gasteiger partial charge in [0.2, 0.25) is 5.91 Å². The molecule has 156 valence electrons. The highest BCUT2D eigenvalue weighted by molar-refractivity contribution is 6.01. The number of rotatable bonds is 5. The number of benzene rings is 2. The number of carbonyl (C=O) groups excluding carboxylic acids is 1. The van der Waals surface area contributed by atoms with E-state index in [1.54, 1.807) is 19.3 Å². The minimum Gasteiger partial charge on any atom is -0.497 e. The van der Waals surface area contributed by atoms with Crippen molar-refractivity contribution in [1.29, 1.82) is 0 Å². The standard InChI is InChI=1S/C26H29NO3/c1-30-23-9-2-18(3-10-23)4-11-24(28)27-22-7-5-21(6-8-22)25-13-19-12-20(14-25)16-26(29,15-19)17-25/h2-11,19-20,29H,12-17H2,1H3,(H,27,28)/b11-4+/t19-,20+,25?,26?. The third-order valence-corrected chi connectivity index (χ3v) is 7.34. The molecule has 0 aromatic heterocycles. The molecule has 4 aliphatic carbocycles. The number of hydrogen-bond donors (Lipinski definition) is 2. The van der Waals surface area contributed by atoms with E-state index in [-0.39, 0.29) is 11.3 Å². The van der Waals surface area contributed by atoms with Gasteiger partial charge in [-0.1, -0.05) is 24.3 Å². The fourth-order valence-corrected chi connectivity index (χ4v) is 6.53. The molecule has 2 aromatic carbocycles. The molecule has 0 heterocycles. The van der Waals surface area contributed by atoms with Crippen LogP contribution in [0.25, 0.3) is 6.08 Å². The lowest BCUT2D eigenvalue weighted by atomic mass is 9.46. The predicted molar refractivity (Wildman–Crippen MR) is 118 cm³/mol. The number of methoxy groups -OCH3 is 1. The number of nitrogens with one attached hydrogen (secondary N) is 1. The van der Waals surface area contributed by atoms with Crippen molar-refractivity contribution in [1.82, 2.24) is 0 Å². The summed E-state index contributed by atoms with van der Waals surface area (Å²) >= 11 is 0. The molecule has 0 spiro atoms.